The molecule has 0 amide bonds. The summed E-state index contributed by atoms with van der Waals surface area (Å²) in [5.74, 6) is -0.190. The highest BCUT2D eigenvalue weighted by Gasteiger charge is 2.27. The maximum Gasteiger partial charge on any atom is 0.306 e. The second-order valence-electron chi connectivity index (χ2n) is 6.04. The van der Waals surface area contributed by atoms with Gasteiger partial charge in [-0.25, -0.2) is 0 Å². The zero-order valence-electron chi connectivity index (χ0n) is 12.5. The molecule has 2 aromatic rings. The van der Waals surface area contributed by atoms with Crippen LogP contribution in [0.25, 0.3) is 10.1 Å². The first kappa shape index (κ1) is 16.5. The van der Waals surface area contributed by atoms with Crippen LogP contribution in [0.3, 0.4) is 0 Å². The number of ether oxygens (including phenoxy) is 1. The van der Waals surface area contributed by atoms with Gasteiger partial charge in [0.05, 0.1) is 13.5 Å². The van der Waals surface area contributed by atoms with E-state index in [-0.39, 0.29) is 17.4 Å². The maximum atomic E-state index is 11.5. The van der Waals surface area contributed by atoms with E-state index in [1.807, 2.05) is 26.0 Å². The van der Waals surface area contributed by atoms with Gasteiger partial charge in [0.2, 0.25) is 0 Å². The molecule has 5 heteroatoms. The summed E-state index contributed by atoms with van der Waals surface area (Å²) in [5, 5.41) is 3.31. The van der Waals surface area contributed by atoms with Crippen LogP contribution in [-0.4, -0.2) is 13.1 Å². The van der Waals surface area contributed by atoms with Crippen molar-refractivity contribution in [2.45, 2.75) is 32.7 Å². The molecular formula is C16H20BrNO2S. The summed E-state index contributed by atoms with van der Waals surface area (Å²) < 4.78 is 7.07. The fourth-order valence-corrected chi connectivity index (χ4v) is 4.26. The number of carbonyl (C=O) groups excluding carboxylic acids is 1. The molecule has 0 aliphatic heterocycles. The first-order chi connectivity index (χ1) is 9.84. The molecule has 21 heavy (non-hydrogen) atoms. The van der Waals surface area contributed by atoms with Gasteiger partial charge in [-0.3, -0.25) is 4.79 Å². The second-order valence-corrected chi connectivity index (χ2v) is 7.77. The molecule has 0 saturated heterocycles. The van der Waals surface area contributed by atoms with Crippen molar-refractivity contribution in [1.82, 2.24) is 0 Å². The lowest BCUT2D eigenvalue weighted by molar-refractivity contribution is -0.143. The van der Waals surface area contributed by atoms with Crippen molar-refractivity contribution >= 4 is 43.3 Å². The van der Waals surface area contributed by atoms with Crippen LogP contribution < -0.4 is 5.73 Å². The van der Waals surface area contributed by atoms with Crippen LogP contribution in [0.2, 0.25) is 0 Å². The average Bonchev–Trinajstić information content (AvgIpc) is 2.82. The van der Waals surface area contributed by atoms with Gasteiger partial charge in [0.15, 0.2) is 0 Å². The van der Waals surface area contributed by atoms with E-state index in [1.54, 1.807) is 11.3 Å². The number of halogens is 1. The van der Waals surface area contributed by atoms with Crippen LogP contribution in [0.15, 0.2) is 28.1 Å². The van der Waals surface area contributed by atoms with Crippen molar-refractivity contribution in [3.05, 3.63) is 33.6 Å². The third kappa shape index (κ3) is 3.84. The van der Waals surface area contributed by atoms with Gasteiger partial charge in [-0.05, 0) is 50.2 Å². The van der Waals surface area contributed by atoms with Crippen LogP contribution >= 0.6 is 27.3 Å². The van der Waals surface area contributed by atoms with Gasteiger partial charge in [-0.1, -0.05) is 26.0 Å². The number of methoxy groups -OCH3 is 1. The van der Waals surface area contributed by atoms with Crippen molar-refractivity contribution < 1.29 is 9.53 Å². The summed E-state index contributed by atoms with van der Waals surface area (Å²) >= 11 is 5.27. The first-order valence-electron chi connectivity index (χ1n) is 6.82. The number of carbonyl (C=O) groups is 1. The first-order valence-corrected chi connectivity index (χ1v) is 8.49. The predicted octanol–water partition coefficient (Wildman–Crippen LogP) is 4.64. The predicted molar refractivity (Wildman–Crippen MR) is 91.5 cm³/mol. The van der Waals surface area contributed by atoms with Crippen molar-refractivity contribution in [3.63, 3.8) is 0 Å². The Morgan fingerprint density at radius 2 is 2.19 bits per heavy atom. The summed E-state index contributed by atoms with van der Waals surface area (Å²) in [6.45, 7) is 4.10. The van der Waals surface area contributed by atoms with E-state index >= 15 is 0 Å². The van der Waals surface area contributed by atoms with Crippen LogP contribution in [0.5, 0.6) is 0 Å². The fourth-order valence-electron chi connectivity index (χ4n) is 2.57. The zero-order valence-corrected chi connectivity index (χ0v) is 14.9. The number of fused-ring (bicyclic) bond motifs is 1. The summed E-state index contributed by atoms with van der Waals surface area (Å²) in [6, 6.07) is 6.07. The number of thiophene rings is 1. The molecule has 0 saturated carbocycles. The van der Waals surface area contributed by atoms with E-state index in [1.165, 1.54) is 17.2 Å². The van der Waals surface area contributed by atoms with E-state index in [2.05, 4.69) is 27.4 Å². The molecule has 1 heterocycles. The third-order valence-electron chi connectivity index (χ3n) is 3.60. The molecule has 1 atom stereocenters. The van der Waals surface area contributed by atoms with E-state index in [4.69, 9.17) is 10.5 Å². The Kier molecular flexibility index (Phi) is 5.07. The number of rotatable bonds is 5. The van der Waals surface area contributed by atoms with Gasteiger partial charge in [-0.2, -0.15) is 0 Å². The fraction of sp³-hybridized carbons (Fsp3) is 0.438. The largest absolute Gasteiger partial charge is 0.469 e. The Morgan fingerprint density at radius 3 is 2.86 bits per heavy atom. The van der Waals surface area contributed by atoms with Gasteiger partial charge >= 0.3 is 5.97 Å². The molecular weight excluding hydrogens is 350 g/mol. The Balaban J connectivity index is 2.21. The molecule has 1 aromatic carbocycles. The highest BCUT2D eigenvalue weighted by atomic mass is 79.9. The molecule has 1 unspecified atom stereocenters. The monoisotopic (exact) mass is 369 g/mol. The minimum Gasteiger partial charge on any atom is -0.469 e. The maximum absolute atomic E-state index is 11.5. The van der Waals surface area contributed by atoms with Crippen molar-refractivity contribution in [2.75, 3.05) is 7.11 Å². The van der Waals surface area contributed by atoms with Gasteiger partial charge < -0.3 is 10.5 Å². The molecule has 0 bridgehead atoms. The minimum atomic E-state index is -0.190. The molecule has 0 fully saturated rings. The number of nitrogens with two attached hydrogens (primary N) is 1. The number of hydrogen-bond acceptors (Lipinski definition) is 4. The van der Waals surface area contributed by atoms with Crippen molar-refractivity contribution in [1.29, 1.82) is 0 Å². The minimum absolute atomic E-state index is 0.0901. The summed E-state index contributed by atoms with van der Waals surface area (Å²) in [7, 11) is 1.42. The van der Waals surface area contributed by atoms with Crippen molar-refractivity contribution in [2.24, 2.45) is 11.1 Å². The lowest BCUT2D eigenvalue weighted by Gasteiger charge is -2.26. The highest BCUT2D eigenvalue weighted by Crippen LogP contribution is 2.39. The average molecular weight is 370 g/mol. The van der Waals surface area contributed by atoms with Gasteiger partial charge in [0, 0.05) is 15.2 Å². The summed E-state index contributed by atoms with van der Waals surface area (Å²) in [5.41, 5.74) is 7.36. The van der Waals surface area contributed by atoms with Crippen LogP contribution in [-0.2, 0) is 9.53 Å². The molecule has 0 aliphatic carbocycles. The quantitative estimate of drug-likeness (QED) is 0.780. The molecule has 0 aliphatic rings. The zero-order chi connectivity index (χ0) is 15.6. The van der Waals surface area contributed by atoms with Gasteiger partial charge in [0.25, 0.3) is 0 Å². The smallest absolute Gasteiger partial charge is 0.306 e. The lowest BCUT2D eigenvalue weighted by Crippen LogP contribution is -2.24. The van der Waals surface area contributed by atoms with Crippen molar-refractivity contribution in [3.8, 4) is 0 Å². The highest BCUT2D eigenvalue weighted by molar-refractivity contribution is 9.10. The molecule has 2 rings (SSSR count). The standard InChI is InChI=1S/C16H20BrNO2S/c1-16(2,8-14(19)20-3)7-13(18)11-9-21-15-10(11)5-4-6-12(15)17/h4-6,9,13H,7-8,18H2,1-3H3. The Hall–Kier alpha value is -0.910. The molecule has 1 aromatic heterocycles. The third-order valence-corrected chi connectivity index (χ3v) is 5.57. The number of benzene rings is 1. The lowest BCUT2D eigenvalue weighted by atomic mass is 9.81. The Morgan fingerprint density at radius 1 is 1.48 bits per heavy atom. The van der Waals surface area contributed by atoms with E-state index in [0.29, 0.717) is 6.42 Å². The molecule has 114 valence electrons. The molecule has 2 N–H and O–H groups in total. The van der Waals surface area contributed by atoms with E-state index < -0.39 is 0 Å². The molecule has 0 spiro atoms. The second kappa shape index (κ2) is 6.46. The van der Waals surface area contributed by atoms with E-state index in [0.717, 1.165) is 16.5 Å². The number of esters is 1. The number of hydrogen-bond donors (Lipinski definition) is 1. The summed E-state index contributed by atoms with van der Waals surface area (Å²) in [4.78, 5) is 11.5. The Labute approximate surface area is 137 Å². The molecule has 0 radical (unpaired) electrons. The topological polar surface area (TPSA) is 52.3 Å². The van der Waals surface area contributed by atoms with Crippen LogP contribution in [0.1, 0.15) is 38.3 Å². The van der Waals surface area contributed by atoms with Gasteiger partial charge in [-0.15, -0.1) is 11.3 Å². The SMILES string of the molecule is COC(=O)CC(C)(C)CC(N)c1csc2c(Br)cccc12. The summed E-state index contributed by atoms with van der Waals surface area (Å²) in [6.07, 6.45) is 1.11. The van der Waals surface area contributed by atoms with Crippen LogP contribution in [0.4, 0.5) is 0 Å². The normalized spacial score (nSPS) is 13.4. The van der Waals surface area contributed by atoms with Crippen LogP contribution in [0, 0.1) is 5.41 Å². The Bertz CT molecular complexity index is 651. The molecule has 3 nitrogen and oxygen atoms in total. The van der Waals surface area contributed by atoms with E-state index in [9.17, 15) is 4.79 Å². The van der Waals surface area contributed by atoms with Gasteiger partial charge in [0.1, 0.15) is 0 Å².